The quantitative estimate of drug-likeness (QED) is 0.755. The normalized spacial score (nSPS) is 10.8. The number of nitrogens with zero attached hydrogens (tertiary/aromatic N) is 2. The Bertz CT molecular complexity index is 546. The third-order valence-corrected chi connectivity index (χ3v) is 3.36. The zero-order valence-corrected chi connectivity index (χ0v) is 13.2. The maximum atomic E-state index is 5.39. The van der Waals surface area contributed by atoms with Crippen LogP contribution in [0.15, 0.2) is 30.5 Å². The van der Waals surface area contributed by atoms with Gasteiger partial charge in [0.25, 0.3) is 0 Å². The minimum absolute atomic E-state index is 0.779. The summed E-state index contributed by atoms with van der Waals surface area (Å²) in [7, 11) is 0. The molecule has 0 atom stereocenters. The van der Waals surface area contributed by atoms with Gasteiger partial charge < -0.3 is 14.6 Å². The summed E-state index contributed by atoms with van der Waals surface area (Å²) >= 11 is 0. The van der Waals surface area contributed by atoms with Crippen molar-refractivity contribution in [3.8, 4) is 0 Å². The predicted molar refractivity (Wildman–Crippen MR) is 86.6 cm³/mol. The minimum Gasteiger partial charge on any atom is -0.382 e. The maximum Gasteiger partial charge on any atom is 0.203 e. The van der Waals surface area contributed by atoms with Gasteiger partial charge in [0, 0.05) is 32.5 Å². The summed E-state index contributed by atoms with van der Waals surface area (Å²) < 4.78 is 7.56. The second-order valence-electron chi connectivity index (χ2n) is 5.29. The number of ether oxygens (including phenoxy) is 1. The number of aromatic nitrogens is 2. The number of hydrogen-bond donors (Lipinski definition) is 1. The number of rotatable bonds is 8. The van der Waals surface area contributed by atoms with E-state index in [2.05, 4.69) is 52.3 Å². The van der Waals surface area contributed by atoms with Crippen molar-refractivity contribution >= 4 is 5.95 Å². The Balaban J connectivity index is 1.91. The molecule has 0 saturated carbocycles. The molecule has 0 spiro atoms. The van der Waals surface area contributed by atoms with Gasteiger partial charge in [-0.05, 0) is 32.8 Å². The first-order valence-electron chi connectivity index (χ1n) is 7.60. The van der Waals surface area contributed by atoms with Gasteiger partial charge in [-0.25, -0.2) is 4.98 Å². The van der Waals surface area contributed by atoms with Crippen molar-refractivity contribution < 1.29 is 4.74 Å². The fourth-order valence-corrected chi connectivity index (χ4v) is 2.23. The Hall–Kier alpha value is -1.81. The van der Waals surface area contributed by atoms with E-state index in [-0.39, 0.29) is 0 Å². The first-order chi connectivity index (χ1) is 10.2. The lowest BCUT2D eigenvalue weighted by Crippen LogP contribution is -2.09. The lowest BCUT2D eigenvalue weighted by atomic mass is 10.1. The zero-order valence-electron chi connectivity index (χ0n) is 13.2. The van der Waals surface area contributed by atoms with Crippen molar-refractivity contribution in [1.29, 1.82) is 0 Å². The number of hydrogen-bond acceptors (Lipinski definition) is 3. The van der Waals surface area contributed by atoms with Gasteiger partial charge in [0.05, 0.1) is 5.69 Å². The van der Waals surface area contributed by atoms with Gasteiger partial charge in [0.2, 0.25) is 5.95 Å². The first-order valence-corrected chi connectivity index (χ1v) is 7.60. The molecule has 114 valence electrons. The molecule has 0 fully saturated rings. The zero-order chi connectivity index (χ0) is 15.1. The molecule has 1 aromatic carbocycles. The van der Waals surface area contributed by atoms with E-state index in [1.807, 2.05) is 13.8 Å². The van der Waals surface area contributed by atoms with Crippen molar-refractivity contribution in [1.82, 2.24) is 9.55 Å². The molecule has 0 saturated heterocycles. The number of imidazole rings is 1. The third-order valence-electron chi connectivity index (χ3n) is 3.36. The van der Waals surface area contributed by atoms with E-state index < -0.39 is 0 Å². The molecule has 0 radical (unpaired) electrons. The Labute approximate surface area is 127 Å². The summed E-state index contributed by atoms with van der Waals surface area (Å²) in [4.78, 5) is 4.55. The summed E-state index contributed by atoms with van der Waals surface area (Å²) in [6, 6.07) is 8.57. The molecular formula is C17H25N3O. The number of nitrogens with one attached hydrogen (secondary N) is 1. The van der Waals surface area contributed by atoms with Crippen LogP contribution in [0.5, 0.6) is 0 Å². The molecule has 2 aromatic rings. The maximum absolute atomic E-state index is 5.39. The Morgan fingerprint density at radius 2 is 1.95 bits per heavy atom. The second-order valence-corrected chi connectivity index (χ2v) is 5.29. The van der Waals surface area contributed by atoms with Crippen LogP contribution in [-0.4, -0.2) is 22.8 Å². The third kappa shape index (κ3) is 4.90. The van der Waals surface area contributed by atoms with Crippen LogP contribution in [-0.2, 0) is 17.8 Å². The summed E-state index contributed by atoms with van der Waals surface area (Å²) in [5.74, 6) is 0.935. The molecule has 21 heavy (non-hydrogen) atoms. The van der Waals surface area contributed by atoms with Crippen LogP contribution in [0.2, 0.25) is 0 Å². The molecular weight excluding hydrogens is 262 g/mol. The molecule has 0 bridgehead atoms. The van der Waals surface area contributed by atoms with E-state index in [9.17, 15) is 0 Å². The van der Waals surface area contributed by atoms with Crippen LogP contribution >= 0.6 is 0 Å². The Kier molecular flexibility index (Phi) is 5.81. The molecule has 0 unspecified atom stereocenters. The number of aryl methyl sites for hydroxylation is 3. The Morgan fingerprint density at radius 1 is 1.19 bits per heavy atom. The lowest BCUT2D eigenvalue weighted by molar-refractivity contribution is 0.142. The van der Waals surface area contributed by atoms with Crippen LogP contribution in [0.1, 0.15) is 30.2 Å². The van der Waals surface area contributed by atoms with Gasteiger partial charge in [0.1, 0.15) is 0 Å². The fraction of sp³-hybridized carbons (Fsp3) is 0.471. The lowest BCUT2D eigenvalue weighted by Gasteiger charge is -2.10. The van der Waals surface area contributed by atoms with Crippen molar-refractivity contribution in [2.75, 3.05) is 18.5 Å². The topological polar surface area (TPSA) is 39.1 Å². The highest BCUT2D eigenvalue weighted by Crippen LogP contribution is 2.12. The van der Waals surface area contributed by atoms with Crippen molar-refractivity contribution in [2.45, 2.75) is 40.3 Å². The minimum atomic E-state index is 0.779. The first kappa shape index (κ1) is 15.6. The molecule has 4 heteroatoms. The molecule has 0 amide bonds. The second kappa shape index (κ2) is 7.84. The van der Waals surface area contributed by atoms with Crippen LogP contribution in [0, 0.1) is 13.8 Å². The highest BCUT2D eigenvalue weighted by atomic mass is 16.5. The Morgan fingerprint density at radius 3 is 2.67 bits per heavy atom. The van der Waals surface area contributed by atoms with E-state index in [0.29, 0.717) is 0 Å². The molecule has 1 N–H and O–H groups in total. The summed E-state index contributed by atoms with van der Waals surface area (Å²) in [5, 5.41) is 3.42. The summed E-state index contributed by atoms with van der Waals surface area (Å²) in [5.41, 5.74) is 3.59. The SMILES string of the molecule is CCOCCCn1cc(C)nc1NCc1ccc(C)cc1. The number of benzene rings is 1. The largest absolute Gasteiger partial charge is 0.382 e. The monoisotopic (exact) mass is 287 g/mol. The predicted octanol–water partition coefficient (Wildman–Crippen LogP) is 3.54. The summed E-state index contributed by atoms with van der Waals surface area (Å²) in [6.45, 7) is 9.45. The van der Waals surface area contributed by atoms with E-state index in [0.717, 1.165) is 44.4 Å². The fourth-order valence-electron chi connectivity index (χ4n) is 2.23. The van der Waals surface area contributed by atoms with Gasteiger partial charge in [0.15, 0.2) is 0 Å². The van der Waals surface area contributed by atoms with Crippen molar-refractivity contribution in [3.63, 3.8) is 0 Å². The average Bonchev–Trinajstić information content (AvgIpc) is 2.83. The molecule has 1 heterocycles. The summed E-state index contributed by atoms with van der Waals surface area (Å²) in [6.07, 6.45) is 3.09. The van der Waals surface area contributed by atoms with E-state index in [4.69, 9.17) is 4.74 Å². The van der Waals surface area contributed by atoms with Gasteiger partial charge in [-0.2, -0.15) is 0 Å². The van der Waals surface area contributed by atoms with Gasteiger partial charge >= 0.3 is 0 Å². The molecule has 0 aliphatic heterocycles. The van der Waals surface area contributed by atoms with Gasteiger partial charge in [-0.3, -0.25) is 0 Å². The van der Waals surface area contributed by atoms with Gasteiger partial charge in [-0.1, -0.05) is 29.8 Å². The van der Waals surface area contributed by atoms with Crippen LogP contribution in [0.3, 0.4) is 0 Å². The van der Waals surface area contributed by atoms with Crippen LogP contribution < -0.4 is 5.32 Å². The van der Waals surface area contributed by atoms with E-state index in [1.165, 1.54) is 11.1 Å². The van der Waals surface area contributed by atoms with Crippen molar-refractivity contribution in [3.05, 3.63) is 47.3 Å². The molecule has 1 aromatic heterocycles. The molecule has 2 rings (SSSR count). The van der Waals surface area contributed by atoms with Crippen LogP contribution in [0.25, 0.3) is 0 Å². The van der Waals surface area contributed by atoms with Crippen LogP contribution in [0.4, 0.5) is 5.95 Å². The highest BCUT2D eigenvalue weighted by molar-refractivity contribution is 5.31. The highest BCUT2D eigenvalue weighted by Gasteiger charge is 2.05. The van der Waals surface area contributed by atoms with Gasteiger partial charge in [-0.15, -0.1) is 0 Å². The van der Waals surface area contributed by atoms with Crippen molar-refractivity contribution in [2.24, 2.45) is 0 Å². The molecule has 4 nitrogen and oxygen atoms in total. The van der Waals surface area contributed by atoms with E-state index in [1.54, 1.807) is 0 Å². The molecule has 0 aliphatic carbocycles. The smallest absolute Gasteiger partial charge is 0.203 e. The van der Waals surface area contributed by atoms with E-state index >= 15 is 0 Å². The average molecular weight is 287 g/mol. The number of anilines is 1. The molecule has 0 aliphatic rings. The standard InChI is InChI=1S/C17H25N3O/c1-4-21-11-5-10-20-13-15(3)19-17(20)18-12-16-8-6-14(2)7-9-16/h6-9,13H,4-5,10-12H2,1-3H3,(H,18,19).